The molecule has 0 bridgehead atoms. The zero-order valence-electron chi connectivity index (χ0n) is 37.7. The van der Waals surface area contributed by atoms with E-state index in [4.69, 9.17) is 9.97 Å². The molecule has 0 N–H and O–H groups in total. The predicted octanol–water partition coefficient (Wildman–Crippen LogP) is 13.5. The molecule has 1 aliphatic rings. The maximum Gasteiger partial charge on any atom is 0.165 e. The van der Waals surface area contributed by atoms with E-state index < -0.39 is 8.07 Å². The number of aromatic nitrogens is 4. The van der Waals surface area contributed by atoms with E-state index in [1.54, 1.807) is 0 Å². The van der Waals surface area contributed by atoms with E-state index in [2.05, 4.69) is 259 Å². The molecular weight excluding hydrogens is 841 g/mol. The molecule has 0 spiro atoms. The standard InChI is InChI=1S/C63H46N4Si/c1-63(68(48-25-11-4-12-26-48,49-27-13-5-14-28-49)50-29-15-6-16-30-50)40-39-60-54(43-63)53-42-46(45-35-37-58-52(41-45)51-31-17-20-34-57(51)66(58)47-23-9-3-10-24-47)36-38-59(53)67(60)62-61(44-21-7-2-8-22-44)64-55-32-18-19-33-56(55)65-62/h2-42H,43H2,1H3. The van der Waals surface area contributed by atoms with Crippen molar-refractivity contribution in [3.8, 4) is 33.9 Å². The van der Waals surface area contributed by atoms with Gasteiger partial charge in [-0.2, -0.15) is 0 Å². The summed E-state index contributed by atoms with van der Waals surface area (Å²) in [7, 11) is -2.86. The van der Waals surface area contributed by atoms with Crippen molar-refractivity contribution < 1.29 is 0 Å². The van der Waals surface area contributed by atoms with Gasteiger partial charge in [0, 0.05) is 27.4 Å². The Hall–Kier alpha value is -8.38. The van der Waals surface area contributed by atoms with Crippen molar-refractivity contribution in [2.45, 2.75) is 18.4 Å². The Labute approximate surface area is 396 Å². The maximum absolute atomic E-state index is 5.52. The highest BCUT2D eigenvalue weighted by atomic mass is 28.3. The van der Waals surface area contributed by atoms with Crippen molar-refractivity contribution in [1.82, 2.24) is 19.1 Å². The van der Waals surface area contributed by atoms with E-state index in [0.717, 1.165) is 51.4 Å². The number of allylic oxidation sites excluding steroid dienone is 1. The molecule has 0 radical (unpaired) electrons. The van der Waals surface area contributed by atoms with Crippen molar-refractivity contribution in [3.05, 3.63) is 254 Å². The molecule has 0 aliphatic heterocycles. The lowest BCUT2D eigenvalue weighted by atomic mass is 9.91. The zero-order valence-corrected chi connectivity index (χ0v) is 38.7. The molecule has 1 atom stereocenters. The van der Waals surface area contributed by atoms with E-state index in [1.807, 2.05) is 6.07 Å². The van der Waals surface area contributed by atoms with Crippen molar-refractivity contribution in [2.75, 3.05) is 0 Å². The fourth-order valence-corrected chi connectivity index (χ4v) is 17.4. The van der Waals surface area contributed by atoms with Crippen LogP contribution in [0.1, 0.15) is 18.2 Å². The first-order valence-electron chi connectivity index (χ1n) is 23.5. The molecule has 0 saturated heterocycles. The van der Waals surface area contributed by atoms with E-state index in [0.29, 0.717) is 0 Å². The molecule has 1 unspecified atom stereocenters. The first kappa shape index (κ1) is 39.9. The van der Waals surface area contributed by atoms with Crippen LogP contribution in [0.2, 0.25) is 5.04 Å². The summed E-state index contributed by atoms with van der Waals surface area (Å²) < 4.78 is 4.79. The highest BCUT2D eigenvalue weighted by Gasteiger charge is 2.54. The van der Waals surface area contributed by atoms with Crippen molar-refractivity contribution >= 4 is 73.5 Å². The summed E-state index contributed by atoms with van der Waals surface area (Å²) in [4.78, 5) is 10.9. The Balaban J connectivity index is 1.08. The number of benzene rings is 9. The summed E-state index contributed by atoms with van der Waals surface area (Å²) in [6.07, 6.45) is 5.80. The van der Waals surface area contributed by atoms with Gasteiger partial charge < -0.3 is 4.57 Å². The molecule has 3 heterocycles. The second-order valence-electron chi connectivity index (χ2n) is 18.4. The molecule has 68 heavy (non-hydrogen) atoms. The predicted molar refractivity (Wildman–Crippen MR) is 287 cm³/mol. The van der Waals surface area contributed by atoms with E-state index in [9.17, 15) is 0 Å². The van der Waals surface area contributed by atoms with E-state index in [1.165, 1.54) is 59.4 Å². The van der Waals surface area contributed by atoms with Crippen LogP contribution in [-0.4, -0.2) is 27.2 Å². The first-order chi connectivity index (χ1) is 33.6. The quantitative estimate of drug-likeness (QED) is 0.113. The van der Waals surface area contributed by atoms with Gasteiger partial charge in [-0.25, -0.2) is 9.97 Å². The number of fused-ring (bicyclic) bond motifs is 7. The zero-order chi connectivity index (χ0) is 45.2. The maximum atomic E-state index is 5.52. The normalized spacial score (nSPS) is 14.8. The number of hydrogen-bond donors (Lipinski definition) is 0. The van der Waals surface area contributed by atoms with Crippen molar-refractivity contribution in [1.29, 1.82) is 0 Å². The Bertz CT molecular complexity index is 3780. The van der Waals surface area contributed by atoms with Crippen LogP contribution in [0, 0.1) is 0 Å². The summed E-state index contributed by atoms with van der Waals surface area (Å²) in [5.74, 6) is 0.829. The second-order valence-corrected chi connectivity index (χ2v) is 22.8. The molecule has 3 aromatic heterocycles. The first-order valence-corrected chi connectivity index (χ1v) is 25.5. The summed E-state index contributed by atoms with van der Waals surface area (Å²) in [5, 5.41) is 7.60. The van der Waals surface area contributed by atoms with Gasteiger partial charge in [-0.3, -0.25) is 4.57 Å². The van der Waals surface area contributed by atoms with Crippen LogP contribution >= 0.6 is 0 Å². The van der Waals surface area contributed by atoms with Gasteiger partial charge in [0.1, 0.15) is 5.69 Å². The molecule has 9 aromatic carbocycles. The summed E-state index contributed by atoms with van der Waals surface area (Å²) in [5.41, 5.74) is 13.1. The minimum absolute atomic E-state index is 0.297. The molecule has 0 saturated carbocycles. The van der Waals surface area contributed by atoms with E-state index >= 15 is 0 Å². The average molecular weight is 887 g/mol. The smallest absolute Gasteiger partial charge is 0.165 e. The summed E-state index contributed by atoms with van der Waals surface area (Å²) >= 11 is 0. The second kappa shape index (κ2) is 15.9. The lowest BCUT2D eigenvalue weighted by Gasteiger charge is -2.48. The summed E-state index contributed by atoms with van der Waals surface area (Å²) in [6.45, 7) is 2.53. The van der Waals surface area contributed by atoms with Crippen LogP contribution in [-0.2, 0) is 6.42 Å². The third-order valence-corrected chi connectivity index (χ3v) is 20.2. The van der Waals surface area contributed by atoms with Gasteiger partial charge in [0.05, 0.1) is 33.3 Å². The Morgan fingerprint density at radius 2 is 0.912 bits per heavy atom. The van der Waals surface area contributed by atoms with Crippen LogP contribution in [0.4, 0.5) is 0 Å². The van der Waals surface area contributed by atoms with Gasteiger partial charge in [0.15, 0.2) is 13.9 Å². The van der Waals surface area contributed by atoms with Gasteiger partial charge in [-0.05, 0) is 104 Å². The Morgan fingerprint density at radius 1 is 0.426 bits per heavy atom. The largest absolute Gasteiger partial charge is 0.309 e. The number of para-hydroxylation sites is 4. The minimum Gasteiger partial charge on any atom is -0.309 e. The third kappa shape index (κ3) is 6.13. The van der Waals surface area contributed by atoms with Crippen LogP contribution in [0.5, 0.6) is 0 Å². The molecule has 322 valence electrons. The van der Waals surface area contributed by atoms with Gasteiger partial charge in [-0.15, -0.1) is 0 Å². The fraction of sp³-hybridized carbons (Fsp3) is 0.0476. The van der Waals surface area contributed by atoms with Gasteiger partial charge in [-0.1, -0.05) is 195 Å². The highest BCUT2D eigenvalue weighted by Crippen LogP contribution is 2.50. The molecule has 13 rings (SSSR count). The van der Waals surface area contributed by atoms with Gasteiger partial charge >= 0.3 is 0 Å². The van der Waals surface area contributed by atoms with Crippen molar-refractivity contribution in [3.63, 3.8) is 0 Å². The monoisotopic (exact) mass is 886 g/mol. The van der Waals surface area contributed by atoms with Crippen LogP contribution in [0.3, 0.4) is 0 Å². The molecule has 0 fully saturated rings. The Kier molecular flexibility index (Phi) is 9.34. The van der Waals surface area contributed by atoms with Crippen LogP contribution < -0.4 is 15.6 Å². The number of rotatable bonds is 8. The Morgan fingerprint density at radius 3 is 1.53 bits per heavy atom. The highest BCUT2D eigenvalue weighted by molar-refractivity contribution is 7.13. The molecule has 12 aromatic rings. The lowest BCUT2D eigenvalue weighted by Crippen LogP contribution is -2.73. The number of nitrogens with zero attached hydrogens (tertiary/aromatic N) is 4. The molecule has 0 amide bonds. The number of hydrogen-bond acceptors (Lipinski definition) is 2. The molecule has 4 nitrogen and oxygen atoms in total. The topological polar surface area (TPSA) is 35.6 Å². The SMILES string of the molecule is CC1([Si](c2ccccc2)(c2ccccc2)c2ccccc2)C=Cc2c(c3cc(-c4ccc5c(c4)c4ccccc4n5-c4ccccc4)ccc3n2-c2nc3ccccc3nc2-c2ccccc2)C1. The van der Waals surface area contributed by atoms with E-state index in [-0.39, 0.29) is 5.04 Å². The summed E-state index contributed by atoms with van der Waals surface area (Å²) in [6, 6.07) is 86.4. The third-order valence-electron chi connectivity index (χ3n) is 14.6. The van der Waals surface area contributed by atoms with Crippen molar-refractivity contribution in [2.24, 2.45) is 0 Å². The fourth-order valence-electron chi connectivity index (χ4n) is 11.6. The van der Waals surface area contributed by atoms with Crippen LogP contribution in [0.25, 0.3) is 83.7 Å². The molecule has 1 aliphatic carbocycles. The lowest BCUT2D eigenvalue weighted by molar-refractivity contribution is 0.720. The minimum atomic E-state index is -2.86. The van der Waals surface area contributed by atoms with Gasteiger partial charge in [0.25, 0.3) is 0 Å². The molecule has 5 heteroatoms. The van der Waals surface area contributed by atoms with Crippen LogP contribution in [0.15, 0.2) is 243 Å². The van der Waals surface area contributed by atoms with Gasteiger partial charge in [0.2, 0.25) is 0 Å². The average Bonchev–Trinajstić information content (AvgIpc) is 3.91. The molecular formula is C63H46N4Si.